The maximum Gasteiger partial charge on any atom is 0.315 e. The monoisotopic (exact) mass is 286 g/mol. The SMILES string of the molecule is CC(CCCC(=O)O)NC(=O)NCCOC1CCCC1. The van der Waals surface area contributed by atoms with Crippen LogP contribution in [0.1, 0.15) is 51.9 Å². The zero-order valence-electron chi connectivity index (χ0n) is 12.2. The van der Waals surface area contributed by atoms with Crippen molar-refractivity contribution in [2.45, 2.75) is 64.0 Å². The molecule has 0 aromatic carbocycles. The molecule has 1 atom stereocenters. The van der Waals surface area contributed by atoms with E-state index in [9.17, 15) is 9.59 Å². The average Bonchev–Trinajstić information content (AvgIpc) is 2.87. The lowest BCUT2D eigenvalue weighted by atomic mass is 10.1. The van der Waals surface area contributed by atoms with E-state index in [0.717, 1.165) is 12.8 Å². The van der Waals surface area contributed by atoms with Crippen molar-refractivity contribution in [3.63, 3.8) is 0 Å². The standard InChI is InChI=1S/C14H26N2O4/c1-11(5-4-8-13(17)18)16-14(19)15-9-10-20-12-6-2-3-7-12/h11-12H,2-10H2,1H3,(H,17,18)(H2,15,16,19). The van der Waals surface area contributed by atoms with E-state index in [1.165, 1.54) is 12.8 Å². The van der Waals surface area contributed by atoms with Gasteiger partial charge in [-0.05, 0) is 32.6 Å². The summed E-state index contributed by atoms with van der Waals surface area (Å²) < 4.78 is 5.64. The van der Waals surface area contributed by atoms with Gasteiger partial charge in [0.1, 0.15) is 0 Å². The maximum absolute atomic E-state index is 11.6. The number of urea groups is 1. The minimum atomic E-state index is -0.800. The fourth-order valence-electron chi connectivity index (χ4n) is 2.35. The van der Waals surface area contributed by atoms with Crippen molar-refractivity contribution in [1.82, 2.24) is 10.6 Å². The summed E-state index contributed by atoms with van der Waals surface area (Å²) in [6.45, 7) is 2.92. The smallest absolute Gasteiger partial charge is 0.315 e. The van der Waals surface area contributed by atoms with Gasteiger partial charge in [0, 0.05) is 19.0 Å². The number of ether oxygens (including phenoxy) is 1. The molecule has 1 saturated carbocycles. The quantitative estimate of drug-likeness (QED) is 0.565. The van der Waals surface area contributed by atoms with Crippen molar-refractivity contribution in [3.05, 3.63) is 0 Å². The van der Waals surface area contributed by atoms with E-state index in [4.69, 9.17) is 9.84 Å². The number of hydrogen-bond donors (Lipinski definition) is 3. The topological polar surface area (TPSA) is 87.7 Å². The van der Waals surface area contributed by atoms with Crippen LogP contribution in [0, 0.1) is 0 Å². The first-order valence-corrected chi connectivity index (χ1v) is 7.45. The molecule has 1 unspecified atom stereocenters. The summed E-state index contributed by atoms with van der Waals surface area (Å²) in [5.41, 5.74) is 0. The lowest BCUT2D eigenvalue weighted by Gasteiger charge is -2.15. The van der Waals surface area contributed by atoms with Crippen molar-refractivity contribution in [2.24, 2.45) is 0 Å². The highest BCUT2D eigenvalue weighted by molar-refractivity contribution is 5.74. The third-order valence-electron chi connectivity index (χ3n) is 3.45. The number of hydrogen-bond acceptors (Lipinski definition) is 3. The Morgan fingerprint density at radius 1 is 1.35 bits per heavy atom. The first kappa shape index (κ1) is 16.8. The Bertz CT molecular complexity index is 304. The van der Waals surface area contributed by atoms with Crippen LogP contribution in [0.2, 0.25) is 0 Å². The minimum absolute atomic E-state index is 0.0231. The lowest BCUT2D eigenvalue weighted by molar-refractivity contribution is -0.137. The first-order valence-electron chi connectivity index (χ1n) is 7.45. The van der Waals surface area contributed by atoms with E-state index in [0.29, 0.717) is 32.1 Å². The average molecular weight is 286 g/mol. The molecule has 116 valence electrons. The Hall–Kier alpha value is -1.30. The first-order chi connectivity index (χ1) is 9.58. The zero-order valence-corrected chi connectivity index (χ0v) is 12.2. The van der Waals surface area contributed by atoms with Gasteiger partial charge in [0.05, 0.1) is 12.7 Å². The minimum Gasteiger partial charge on any atom is -0.481 e. The number of carboxylic acid groups (broad SMARTS) is 1. The molecule has 1 fully saturated rings. The van der Waals surface area contributed by atoms with E-state index >= 15 is 0 Å². The van der Waals surface area contributed by atoms with Crippen molar-refractivity contribution in [3.8, 4) is 0 Å². The largest absolute Gasteiger partial charge is 0.481 e. The van der Waals surface area contributed by atoms with Gasteiger partial charge < -0.3 is 20.5 Å². The van der Waals surface area contributed by atoms with Crippen LogP contribution in [0.15, 0.2) is 0 Å². The van der Waals surface area contributed by atoms with Gasteiger partial charge in [0.15, 0.2) is 0 Å². The summed E-state index contributed by atoms with van der Waals surface area (Å²) in [6, 6.07) is -0.243. The van der Waals surface area contributed by atoms with E-state index < -0.39 is 5.97 Å². The summed E-state index contributed by atoms with van der Waals surface area (Å²) >= 11 is 0. The van der Waals surface area contributed by atoms with Gasteiger partial charge in [-0.15, -0.1) is 0 Å². The van der Waals surface area contributed by atoms with E-state index in [1.807, 2.05) is 6.92 Å². The molecule has 3 N–H and O–H groups in total. The summed E-state index contributed by atoms with van der Waals surface area (Å²) in [6.07, 6.45) is 6.50. The molecule has 0 spiro atoms. The van der Waals surface area contributed by atoms with E-state index in [-0.39, 0.29) is 18.5 Å². The number of rotatable bonds is 9. The molecule has 0 heterocycles. The summed E-state index contributed by atoms with van der Waals surface area (Å²) in [5, 5.41) is 14.1. The second-order valence-electron chi connectivity index (χ2n) is 5.36. The molecule has 20 heavy (non-hydrogen) atoms. The van der Waals surface area contributed by atoms with Crippen LogP contribution in [-0.2, 0) is 9.53 Å². The maximum atomic E-state index is 11.6. The number of amides is 2. The Kier molecular flexibility index (Phi) is 8.02. The fraction of sp³-hybridized carbons (Fsp3) is 0.857. The van der Waals surface area contributed by atoms with Crippen LogP contribution in [0.4, 0.5) is 4.79 Å². The van der Waals surface area contributed by atoms with Crippen molar-refractivity contribution in [1.29, 1.82) is 0 Å². The molecule has 6 nitrogen and oxygen atoms in total. The molecule has 1 aliphatic rings. The van der Waals surface area contributed by atoms with Gasteiger partial charge in [0.2, 0.25) is 0 Å². The highest BCUT2D eigenvalue weighted by Gasteiger charge is 2.15. The Labute approximate surface area is 120 Å². The van der Waals surface area contributed by atoms with Crippen LogP contribution in [0.3, 0.4) is 0 Å². The normalized spacial score (nSPS) is 16.9. The van der Waals surface area contributed by atoms with Crippen LogP contribution in [-0.4, -0.2) is 42.4 Å². The molecule has 0 aromatic heterocycles. The number of aliphatic carboxylic acids is 1. The molecule has 0 radical (unpaired) electrons. The molecule has 1 aliphatic carbocycles. The second kappa shape index (κ2) is 9.58. The van der Waals surface area contributed by atoms with Gasteiger partial charge in [-0.1, -0.05) is 12.8 Å². The Morgan fingerprint density at radius 3 is 2.70 bits per heavy atom. The van der Waals surface area contributed by atoms with Gasteiger partial charge in [0.25, 0.3) is 0 Å². The van der Waals surface area contributed by atoms with Crippen LogP contribution >= 0.6 is 0 Å². The second-order valence-corrected chi connectivity index (χ2v) is 5.36. The molecule has 0 aromatic rings. The molecule has 6 heteroatoms. The highest BCUT2D eigenvalue weighted by Crippen LogP contribution is 2.20. The van der Waals surface area contributed by atoms with Crippen molar-refractivity contribution < 1.29 is 19.4 Å². The lowest BCUT2D eigenvalue weighted by Crippen LogP contribution is -2.42. The molecular formula is C14H26N2O4. The van der Waals surface area contributed by atoms with Gasteiger partial charge in [-0.25, -0.2) is 4.79 Å². The third kappa shape index (κ3) is 7.99. The molecule has 0 aliphatic heterocycles. The van der Waals surface area contributed by atoms with E-state index in [1.54, 1.807) is 0 Å². The fourth-order valence-corrected chi connectivity index (χ4v) is 2.35. The van der Waals surface area contributed by atoms with E-state index in [2.05, 4.69) is 10.6 Å². The molecular weight excluding hydrogens is 260 g/mol. The number of carboxylic acids is 1. The van der Waals surface area contributed by atoms with Gasteiger partial charge in [-0.2, -0.15) is 0 Å². The molecule has 1 rings (SSSR count). The van der Waals surface area contributed by atoms with Crippen LogP contribution < -0.4 is 10.6 Å². The molecule has 2 amide bonds. The molecule has 0 saturated heterocycles. The number of nitrogens with one attached hydrogen (secondary N) is 2. The zero-order chi connectivity index (χ0) is 14.8. The summed E-state index contributed by atoms with van der Waals surface area (Å²) in [7, 11) is 0. The van der Waals surface area contributed by atoms with Gasteiger partial charge >= 0.3 is 12.0 Å². The van der Waals surface area contributed by atoms with Crippen molar-refractivity contribution in [2.75, 3.05) is 13.2 Å². The molecule has 0 bridgehead atoms. The van der Waals surface area contributed by atoms with Gasteiger partial charge in [-0.3, -0.25) is 4.79 Å². The van der Waals surface area contributed by atoms with Crippen LogP contribution in [0.5, 0.6) is 0 Å². The Balaban J connectivity index is 1.97. The predicted octanol–water partition coefficient (Wildman–Crippen LogP) is 1.89. The summed E-state index contributed by atoms with van der Waals surface area (Å²) in [4.78, 5) is 21.9. The highest BCUT2D eigenvalue weighted by atomic mass is 16.5. The Morgan fingerprint density at radius 2 is 2.05 bits per heavy atom. The third-order valence-corrected chi connectivity index (χ3v) is 3.45. The number of carbonyl (C=O) groups is 2. The predicted molar refractivity (Wildman–Crippen MR) is 75.7 cm³/mol. The van der Waals surface area contributed by atoms with Crippen molar-refractivity contribution >= 4 is 12.0 Å². The number of carbonyl (C=O) groups excluding carboxylic acids is 1. The van der Waals surface area contributed by atoms with Crippen LogP contribution in [0.25, 0.3) is 0 Å². The summed E-state index contributed by atoms with van der Waals surface area (Å²) in [5.74, 6) is -0.800.